The second kappa shape index (κ2) is 6.17. The van der Waals surface area contributed by atoms with Gasteiger partial charge in [0.15, 0.2) is 0 Å². The van der Waals surface area contributed by atoms with E-state index in [1.807, 2.05) is 6.08 Å². The Morgan fingerprint density at radius 2 is 2.43 bits per heavy atom. The van der Waals surface area contributed by atoms with E-state index in [4.69, 9.17) is 4.74 Å². The third-order valence-electron chi connectivity index (χ3n) is 2.83. The first kappa shape index (κ1) is 11.7. The molecule has 0 radical (unpaired) electrons. The van der Waals surface area contributed by atoms with E-state index in [1.54, 1.807) is 7.11 Å². The van der Waals surface area contributed by atoms with Gasteiger partial charge in [-0.15, -0.1) is 6.58 Å². The van der Waals surface area contributed by atoms with Gasteiger partial charge in [-0.25, -0.2) is 0 Å². The van der Waals surface area contributed by atoms with E-state index in [0.29, 0.717) is 12.1 Å². The number of methoxy groups -OCH3 is 1. The fraction of sp³-hybridized carbons (Fsp3) is 0.818. The van der Waals surface area contributed by atoms with Gasteiger partial charge in [0.05, 0.1) is 6.10 Å². The molecule has 1 saturated heterocycles. The van der Waals surface area contributed by atoms with Crippen LogP contribution in [0.4, 0.5) is 0 Å². The summed E-state index contributed by atoms with van der Waals surface area (Å²) in [4.78, 5) is 2.39. The zero-order valence-corrected chi connectivity index (χ0v) is 9.33. The van der Waals surface area contributed by atoms with Gasteiger partial charge >= 0.3 is 0 Å². The summed E-state index contributed by atoms with van der Waals surface area (Å²) in [6.45, 7) is 10.1. The van der Waals surface area contributed by atoms with Crippen LogP contribution in [0.25, 0.3) is 0 Å². The van der Waals surface area contributed by atoms with Crippen molar-refractivity contribution in [2.24, 2.45) is 0 Å². The summed E-state index contributed by atoms with van der Waals surface area (Å²) in [6.07, 6.45) is 3.50. The average Bonchev–Trinajstić information content (AvgIpc) is 2.65. The van der Waals surface area contributed by atoms with Crippen molar-refractivity contribution in [2.75, 3.05) is 33.3 Å². The molecule has 1 aliphatic rings. The maximum atomic E-state index is 5.32. The monoisotopic (exact) mass is 198 g/mol. The summed E-state index contributed by atoms with van der Waals surface area (Å²) < 4.78 is 5.32. The lowest BCUT2D eigenvalue weighted by atomic mass is 10.2. The molecule has 3 nitrogen and oxygen atoms in total. The Kier molecular flexibility index (Phi) is 5.15. The lowest BCUT2D eigenvalue weighted by molar-refractivity contribution is 0.116. The summed E-state index contributed by atoms with van der Waals surface area (Å²) in [5.74, 6) is 0. The van der Waals surface area contributed by atoms with Gasteiger partial charge in [-0.1, -0.05) is 13.0 Å². The topological polar surface area (TPSA) is 24.5 Å². The highest BCUT2D eigenvalue weighted by atomic mass is 16.5. The fourth-order valence-corrected chi connectivity index (χ4v) is 1.93. The molecular weight excluding hydrogens is 176 g/mol. The molecule has 0 spiro atoms. The van der Waals surface area contributed by atoms with E-state index in [-0.39, 0.29) is 0 Å². The van der Waals surface area contributed by atoms with Crippen molar-refractivity contribution in [3.05, 3.63) is 12.7 Å². The minimum Gasteiger partial charge on any atom is -0.380 e. The lowest BCUT2D eigenvalue weighted by Gasteiger charge is -2.22. The van der Waals surface area contributed by atoms with E-state index in [2.05, 4.69) is 23.7 Å². The van der Waals surface area contributed by atoms with Crippen molar-refractivity contribution < 1.29 is 4.74 Å². The molecule has 0 amide bonds. The maximum absolute atomic E-state index is 5.32. The normalized spacial score (nSPS) is 27.1. The Morgan fingerprint density at radius 1 is 1.64 bits per heavy atom. The minimum atomic E-state index is 0.405. The van der Waals surface area contributed by atoms with Gasteiger partial charge in [-0.2, -0.15) is 0 Å². The molecule has 3 heteroatoms. The molecule has 0 bridgehead atoms. The second-order valence-electron chi connectivity index (χ2n) is 3.84. The number of ether oxygens (including phenoxy) is 1. The number of hydrogen-bond donors (Lipinski definition) is 1. The highest BCUT2D eigenvalue weighted by Gasteiger charge is 2.24. The number of nitrogens with one attached hydrogen (secondary N) is 1. The van der Waals surface area contributed by atoms with Gasteiger partial charge in [0, 0.05) is 32.8 Å². The minimum absolute atomic E-state index is 0.405. The van der Waals surface area contributed by atoms with Gasteiger partial charge in [0.1, 0.15) is 0 Å². The second-order valence-corrected chi connectivity index (χ2v) is 3.84. The number of rotatable bonds is 6. The SMILES string of the molecule is C=CCN(CC)CC1CC(OC)CN1. The first-order valence-corrected chi connectivity index (χ1v) is 5.39. The molecule has 0 aliphatic carbocycles. The van der Waals surface area contributed by atoms with Crippen LogP contribution in [0.5, 0.6) is 0 Å². The predicted octanol–water partition coefficient (Wildman–Crippen LogP) is 0.871. The number of hydrogen-bond acceptors (Lipinski definition) is 3. The molecular formula is C11H22N2O. The molecule has 1 aliphatic heterocycles. The van der Waals surface area contributed by atoms with Crippen LogP contribution in [0.2, 0.25) is 0 Å². The number of nitrogens with zero attached hydrogens (tertiary/aromatic N) is 1. The van der Waals surface area contributed by atoms with Gasteiger partial charge in [0.25, 0.3) is 0 Å². The summed E-state index contributed by atoms with van der Waals surface area (Å²) >= 11 is 0. The smallest absolute Gasteiger partial charge is 0.0711 e. The zero-order chi connectivity index (χ0) is 10.4. The van der Waals surface area contributed by atoms with Crippen LogP contribution in [0, 0.1) is 0 Å². The van der Waals surface area contributed by atoms with E-state index in [1.165, 1.54) is 0 Å². The van der Waals surface area contributed by atoms with Crippen molar-refractivity contribution >= 4 is 0 Å². The first-order valence-electron chi connectivity index (χ1n) is 5.39. The van der Waals surface area contributed by atoms with E-state index in [0.717, 1.165) is 32.6 Å². The van der Waals surface area contributed by atoms with Crippen molar-refractivity contribution in [3.8, 4) is 0 Å². The standard InChI is InChI=1S/C11H22N2O/c1-4-6-13(5-2)9-10-7-11(14-3)8-12-10/h4,10-12H,1,5-9H2,2-3H3. The molecule has 1 heterocycles. The molecule has 0 aromatic rings. The third kappa shape index (κ3) is 3.40. The van der Waals surface area contributed by atoms with Crippen molar-refractivity contribution in [1.82, 2.24) is 10.2 Å². The van der Waals surface area contributed by atoms with E-state index in [9.17, 15) is 0 Å². The highest BCUT2D eigenvalue weighted by molar-refractivity contribution is 4.85. The molecule has 82 valence electrons. The van der Waals surface area contributed by atoms with Crippen LogP contribution in [0.3, 0.4) is 0 Å². The number of likely N-dealkylation sites (N-methyl/N-ethyl adjacent to an activating group) is 1. The van der Waals surface area contributed by atoms with Crippen LogP contribution in [-0.2, 0) is 4.74 Å². The summed E-state index contributed by atoms with van der Waals surface area (Å²) in [5, 5.41) is 3.48. The van der Waals surface area contributed by atoms with Gasteiger partial charge < -0.3 is 10.1 Å². The molecule has 1 fully saturated rings. The Balaban J connectivity index is 2.26. The Bertz CT molecular complexity index is 173. The average molecular weight is 198 g/mol. The van der Waals surface area contributed by atoms with E-state index < -0.39 is 0 Å². The predicted molar refractivity (Wildman–Crippen MR) is 59.5 cm³/mol. The third-order valence-corrected chi connectivity index (χ3v) is 2.83. The molecule has 0 saturated carbocycles. The van der Waals surface area contributed by atoms with Crippen molar-refractivity contribution in [2.45, 2.75) is 25.5 Å². The first-order chi connectivity index (χ1) is 6.80. The Morgan fingerprint density at radius 3 is 2.93 bits per heavy atom. The summed E-state index contributed by atoms with van der Waals surface area (Å²) in [6, 6.07) is 0.583. The molecule has 14 heavy (non-hydrogen) atoms. The molecule has 2 atom stereocenters. The van der Waals surface area contributed by atoms with Crippen LogP contribution in [0.15, 0.2) is 12.7 Å². The largest absolute Gasteiger partial charge is 0.380 e. The molecule has 0 aromatic carbocycles. The van der Waals surface area contributed by atoms with E-state index >= 15 is 0 Å². The summed E-state index contributed by atoms with van der Waals surface area (Å²) in [5.41, 5.74) is 0. The van der Waals surface area contributed by atoms with Gasteiger partial charge in [-0.05, 0) is 13.0 Å². The van der Waals surface area contributed by atoms with Crippen molar-refractivity contribution in [3.63, 3.8) is 0 Å². The molecule has 1 rings (SSSR count). The van der Waals surface area contributed by atoms with Crippen LogP contribution in [0.1, 0.15) is 13.3 Å². The highest BCUT2D eigenvalue weighted by Crippen LogP contribution is 2.10. The Labute approximate surface area is 87.1 Å². The van der Waals surface area contributed by atoms with Crippen LogP contribution in [-0.4, -0.2) is 50.3 Å². The van der Waals surface area contributed by atoms with Gasteiger partial charge in [-0.3, -0.25) is 4.90 Å². The molecule has 2 unspecified atom stereocenters. The Hall–Kier alpha value is -0.380. The fourth-order valence-electron chi connectivity index (χ4n) is 1.93. The zero-order valence-electron chi connectivity index (χ0n) is 9.33. The van der Waals surface area contributed by atoms with Crippen LogP contribution < -0.4 is 5.32 Å². The van der Waals surface area contributed by atoms with Crippen LogP contribution >= 0.6 is 0 Å². The lowest BCUT2D eigenvalue weighted by Crippen LogP contribution is -2.37. The quantitative estimate of drug-likeness (QED) is 0.641. The molecule has 1 N–H and O–H groups in total. The maximum Gasteiger partial charge on any atom is 0.0711 e. The summed E-state index contributed by atoms with van der Waals surface area (Å²) in [7, 11) is 1.79. The molecule has 0 aromatic heterocycles. The van der Waals surface area contributed by atoms with Gasteiger partial charge in [0.2, 0.25) is 0 Å². The van der Waals surface area contributed by atoms with Crippen molar-refractivity contribution in [1.29, 1.82) is 0 Å².